The van der Waals surface area contributed by atoms with E-state index in [2.05, 4.69) is 15.7 Å². The number of rotatable bonds is 6. The summed E-state index contributed by atoms with van der Waals surface area (Å²) in [4.78, 5) is 35.5. The summed E-state index contributed by atoms with van der Waals surface area (Å²) in [5.74, 6) is -1.23. The van der Waals surface area contributed by atoms with E-state index < -0.39 is 18.0 Å². The molecule has 0 bridgehead atoms. The summed E-state index contributed by atoms with van der Waals surface area (Å²) in [5, 5.41) is 17.4. The number of carbonyl (C=O) groups excluding carboxylic acids is 2. The van der Waals surface area contributed by atoms with Crippen molar-refractivity contribution in [3.63, 3.8) is 0 Å². The summed E-state index contributed by atoms with van der Waals surface area (Å²) < 4.78 is 1.18. The van der Waals surface area contributed by atoms with E-state index in [1.54, 1.807) is 14.0 Å². The molecule has 0 saturated heterocycles. The Morgan fingerprint density at radius 2 is 2.14 bits per heavy atom. The van der Waals surface area contributed by atoms with Gasteiger partial charge in [0.15, 0.2) is 0 Å². The first-order chi connectivity index (χ1) is 9.83. The zero-order valence-corrected chi connectivity index (χ0v) is 12.2. The Hall–Kier alpha value is -2.58. The first-order valence-electron chi connectivity index (χ1n) is 6.40. The highest BCUT2D eigenvalue weighted by Crippen LogP contribution is 2.04. The fraction of sp³-hybridized carbons (Fsp3) is 0.500. The summed E-state index contributed by atoms with van der Waals surface area (Å²) in [6.07, 6.45) is 2.71. The number of likely N-dealkylation sites (N-methyl/N-ethyl adjacent to an activating group) is 1. The largest absolute Gasteiger partial charge is 0.480 e. The SMILES string of the molecule is CCN(C)C(=O)C(C)NC(=O)Nc1cnn(CC(=O)O)c1. The van der Waals surface area contributed by atoms with Crippen LogP contribution in [0, 0.1) is 0 Å². The van der Waals surface area contributed by atoms with E-state index >= 15 is 0 Å². The molecule has 0 radical (unpaired) electrons. The maximum Gasteiger partial charge on any atom is 0.325 e. The lowest BCUT2D eigenvalue weighted by Crippen LogP contribution is -2.46. The molecule has 116 valence electrons. The monoisotopic (exact) mass is 297 g/mol. The molecule has 3 N–H and O–H groups in total. The van der Waals surface area contributed by atoms with E-state index in [4.69, 9.17) is 5.11 Å². The molecule has 21 heavy (non-hydrogen) atoms. The summed E-state index contributed by atoms with van der Waals surface area (Å²) in [7, 11) is 1.65. The highest BCUT2D eigenvalue weighted by atomic mass is 16.4. The number of carboxylic acids is 1. The van der Waals surface area contributed by atoms with E-state index in [1.165, 1.54) is 22.0 Å². The molecule has 1 aromatic rings. The van der Waals surface area contributed by atoms with Gasteiger partial charge in [0, 0.05) is 19.8 Å². The molecule has 0 aromatic carbocycles. The Morgan fingerprint density at radius 1 is 1.48 bits per heavy atom. The van der Waals surface area contributed by atoms with Crippen molar-refractivity contribution >= 4 is 23.6 Å². The fourth-order valence-electron chi connectivity index (χ4n) is 1.57. The van der Waals surface area contributed by atoms with Gasteiger partial charge >= 0.3 is 12.0 Å². The van der Waals surface area contributed by atoms with E-state index in [0.717, 1.165) is 0 Å². The second-order valence-electron chi connectivity index (χ2n) is 4.49. The molecule has 1 heterocycles. The van der Waals surface area contributed by atoms with Crippen molar-refractivity contribution in [3.05, 3.63) is 12.4 Å². The lowest BCUT2D eigenvalue weighted by Gasteiger charge is -2.20. The van der Waals surface area contributed by atoms with Crippen LogP contribution >= 0.6 is 0 Å². The maximum atomic E-state index is 11.8. The number of carboxylic acid groups (broad SMARTS) is 1. The fourth-order valence-corrected chi connectivity index (χ4v) is 1.57. The van der Waals surface area contributed by atoms with Crippen LogP contribution in [0.2, 0.25) is 0 Å². The second-order valence-corrected chi connectivity index (χ2v) is 4.49. The summed E-state index contributed by atoms with van der Waals surface area (Å²) in [6.45, 7) is 3.68. The van der Waals surface area contributed by atoms with E-state index in [9.17, 15) is 14.4 Å². The molecule has 0 aliphatic rings. The van der Waals surface area contributed by atoms with Crippen LogP contribution in [0.4, 0.5) is 10.5 Å². The molecular weight excluding hydrogens is 278 g/mol. The number of amides is 3. The van der Waals surface area contributed by atoms with Gasteiger partial charge in [-0.25, -0.2) is 4.79 Å². The Labute approximate surface area is 121 Å². The van der Waals surface area contributed by atoms with Crippen molar-refractivity contribution in [1.29, 1.82) is 0 Å². The number of anilines is 1. The molecule has 1 atom stereocenters. The van der Waals surface area contributed by atoms with E-state index in [1.807, 2.05) is 6.92 Å². The highest BCUT2D eigenvalue weighted by Gasteiger charge is 2.18. The van der Waals surface area contributed by atoms with Crippen LogP contribution < -0.4 is 10.6 Å². The van der Waals surface area contributed by atoms with Crippen LogP contribution in [0.5, 0.6) is 0 Å². The number of nitrogens with zero attached hydrogens (tertiary/aromatic N) is 3. The molecule has 0 spiro atoms. The first kappa shape index (κ1) is 16.5. The van der Waals surface area contributed by atoms with Crippen molar-refractivity contribution in [2.75, 3.05) is 18.9 Å². The molecular formula is C12H19N5O4. The number of urea groups is 1. The van der Waals surface area contributed by atoms with Crippen LogP contribution in [-0.2, 0) is 16.1 Å². The van der Waals surface area contributed by atoms with Crippen LogP contribution in [0.3, 0.4) is 0 Å². The quantitative estimate of drug-likeness (QED) is 0.681. The van der Waals surface area contributed by atoms with Gasteiger partial charge < -0.3 is 20.6 Å². The summed E-state index contributed by atoms with van der Waals surface area (Å²) >= 11 is 0. The predicted molar refractivity (Wildman–Crippen MR) is 74.8 cm³/mol. The maximum absolute atomic E-state index is 11.8. The van der Waals surface area contributed by atoms with Gasteiger partial charge in [-0.1, -0.05) is 0 Å². The van der Waals surface area contributed by atoms with Gasteiger partial charge in [0.05, 0.1) is 11.9 Å². The summed E-state index contributed by atoms with van der Waals surface area (Å²) in [5.41, 5.74) is 0.345. The molecule has 9 nitrogen and oxygen atoms in total. The zero-order chi connectivity index (χ0) is 16.0. The minimum atomic E-state index is -1.03. The van der Waals surface area contributed by atoms with Crippen LogP contribution in [0.15, 0.2) is 12.4 Å². The van der Waals surface area contributed by atoms with Gasteiger partial charge in [0.25, 0.3) is 0 Å². The topological polar surface area (TPSA) is 117 Å². The molecule has 1 unspecified atom stereocenters. The Bertz CT molecular complexity index is 527. The summed E-state index contributed by atoms with van der Waals surface area (Å²) in [6, 6.07) is -1.22. The minimum absolute atomic E-state index is 0.200. The van der Waals surface area contributed by atoms with Crippen molar-refractivity contribution in [3.8, 4) is 0 Å². The van der Waals surface area contributed by atoms with Crippen LogP contribution in [-0.4, -0.2) is 57.3 Å². The van der Waals surface area contributed by atoms with Gasteiger partial charge in [-0.3, -0.25) is 14.3 Å². The van der Waals surface area contributed by atoms with Gasteiger partial charge in [0.1, 0.15) is 12.6 Å². The second kappa shape index (κ2) is 7.27. The third-order valence-electron chi connectivity index (χ3n) is 2.76. The number of hydrogen-bond donors (Lipinski definition) is 3. The molecule has 1 rings (SSSR count). The molecule has 9 heteroatoms. The van der Waals surface area contributed by atoms with Crippen molar-refractivity contribution in [2.45, 2.75) is 26.4 Å². The standard InChI is InChI=1S/C12H19N5O4/c1-4-16(3)11(20)8(2)14-12(21)15-9-5-13-17(6-9)7-10(18)19/h5-6,8H,4,7H2,1-3H3,(H,18,19)(H2,14,15,21). The lowest BCUT2D eigenvalue weighted by atomic mass is 10.3. The smallest absolute Gasteiger partial charge is 0.325 e. The minimum Gasteiger partial charge on any atom is -0.480 e. The third kappa shape index (κ3) is 5.13. The first-order valence-corrected chi connectivity index (χ1v) is 6.40. The molecule has 3 amide bonds. The van der Waals surface area contributed by atoms with Crippen molar-refractivity contribution in [1.82, 2.24) is 20.0 Å². The van der Waals surface area contributed by atoms with Crippen molar-refractivity contribution in [2.24, 2.45) is 0 Å². The van der Waals surface area contributed by atoms with E-state index in [0.29, 0.717) is 12.2 Å². The Morgan fingerprint density at radius 3 is 2.71 bits per heavy atom. The van der Waals surface area contributed by atoms with Gasteiger partial charge in [0.2, 0.25) is 5.91 Å². The molecule has 0 fully saturated rings. The van der Waals surface area contributed by atoms with Gasteiger partial charge in [-0.15, -0.1) is 0 Å². The Balaban J connectivity index is 2.51. The number of aliphatic carboxylic acids is 1. The van der Waals surface area contributed by atoms with Gasteiger partial charge in [-0.2, -0.15) is 5.10 Å². The zero-order valence-electron chi connectivity index (χ0n) is 12.2. The highest BCUT2D eigenvalue weighted by molar-refractivity contribution is 5.93. The third-order valence-corrected chi connectivity index (χ3v) is 2.76. The normalized spacial score (nSPS) is 11.6. The van der Waals surface area contributed by atoms with Gasteiger partial charge in [-0.05, 0) is 13.8 Å². The molecule has 0 saturated carbocycles. The lowest BCUT2D eigenvalue weighted by molar-refractivity contribution is -0.138. The Kier molecular flexibility index (Phi) is 5.70. The number of aromatic nitrogens is 2. The number of carbonyl (C=O) groups is 3. The molecule has 1 aromatic heterocycles. The van der Waals surface area contributed by atoms with Crippen LogP contribution in [0.25, 0.3) is 0 Å². The number of hydrogen-bond acceptors (Lipinski definition) is 4. The van der Waals surface area contributed by atoms with E-state index in [-0.39, 0.29) is 12.5 Å². The molecule has 0 aliphatic carbocycles. The van der Waals surface area contributed by atoms with Crippen LogP contribution in [0.1, 0.15) is 13.8 Å². The number of nitrogens with one attached hydrogen (secondary N) is 2. The average molecular weight is 297 g/mol. The predicted octanol–water partition coefficient (Wildman–Crippen LogP) is -0.0440. The average Bonchev–Trinajstić information content (AvgIpc) is 2.82. The van der Waals surface area contributed by atoms with Crippen molar-refractivity contribution < 1.29 is 19.5 Å². The molecule has 0 aliphatic heterocycles.